The Balaban J connectivity index is 1.78. The standard InChI is InChI=1S/C17H23N5O3/c1-5-12-8-14(25-21-12)11(4)19-16-18-7-6-15(20-16)22-13(10(2)3)9-24-17(22)23/h6-8,10-11,13H,5,9H2,1-4H3,(H,18,19,20)/t11?,13-/m1/s1. The van der Waals surface area contributed by atoms with Gasteiger partial charge in [-0.3, -0.25) is 4.90 Å². The minimum Gasteiger partial charge on any atom is -0.447 e. The topological polar surface area (TPSA) is 93.4 Å². The molecule has 2 aromatic heterocycles. The molecular formula is C17H23N5O3. The number of carbonyl (C=O) groups is 1. The van der Waals surface area contributed by atoms with Crippen molar-refractivity contribution in [2.45, 2.75) is 46.2 Å². The van der Waals surface area contributed by atoms with E-state index in [0.29, 0.717) is 24.1 Å². The maximum atomic E-state index is 12.1. The lowest BCUT2D eigenvalue weighted by molar-refractivity contribution is 0.177. The van der Waals surface area contributed by atoms with Crippen LogP contribution in [0.2, 0.25) is 0 Å². The van der Waals surface area contributed by atoms with Crippen molar-refractivity contribution in [3.05, 3.63) is 29.8 Å². The van der Waals surface area contributed by atoms with Gasteiger partial charge in [0.05, 0.1) is 17.8 Å². The zero-order valence-electron chi connectivity index (χ0n) is 14.9. The van der Waals surface area contributed by atoms with Crippen LogP contribution >= 0.6 is 0 Å². The van der Waals surface area contributed by atoms with Crippen LogP contribution in [0.1, 0.15) is 45.2 Å². The first kappa shape index (κ1) is 17.2. The second-order valence-electron chi connectivity index (χ2n) is 6.44. The highest BCUT2D eigenvalue weighted by Gasteiger charge is 2.37. The molecule has 1 aliphatic heterocycles. The molecule has 0 aromatic carbocycles. The number of rotatable bonds is 6. The Bertz CT molecular complexity index is 745. The van der Waals surface area contributed by atoms with Gasteiger partial charge in [-0.25, -0.2) is 9.78 Å². The molecule has 2 atom stereocenters. The molecule has 8 heteroatoms. The van der Waals surface area contributed by atoms with Gasteiger partial charge in [0.1, 0.15) is 12.4 Å². The fraction of sp³-hybridized carbons (Fsp3) is 0.529. The van der Waals surface area contributed by atoms with Gasteiger partial charge in [-0.2, -0.15) is 4.98 Å². The van der Waals surface area contributed by atoms with Gasteiger partial charge in [0, 0.05) is 12.3 Å². The van der Waals surface area contributed by atoms with E-state index in [0.717, 1.165) is 12.1 Å². The molecule has 1 saturated heterocycles. The third-order valence-electron chi connectivity index (χ3n) is 4.27. The minimum atomic E-state index is -0.376. The van der Waals surface area contributed by atoms with Crippen molar-refractivity contribution < 1.29 is 14.1 Å². The molecule has 1 unspecified atom stereocenters. The number of hydrogen-bond donors (Lipinski definition) is 1. The quantitative estimate of drug-likeness (QED) is 0.859. The Kier molecular flexibility index (Phi) is 4.87. The summed E-state index contributed by atoms with van der Waals surface area (Å²) in [5, 5.41) is 7.18. The van der Waals surface area contributed by atoms with Crippen LogP contribution in [0.15, 0.2) is 22.9 Å². The van der Waals surface area contributed by atoms with E-state index in [1.807, 2.05) is 19.9 Å². The Morgan fingerprint density at radius 3 is 2.88 bits per heavy atom. The van der Waals surface area contributed by atoms with Crippen molar-refractivity contribution in [1.82, 2.24) is 15.1 Å². The molecule has 134 valence electrons. The van der Waals surface area contributed by atoms with Gasteiger partial charge >= 0.3 is 6.09 Å². The lowest BCUT2D eigenvalue weighted by Crippen LogP contribution is -2.37. The number of hydrogen-bond acceptors (Lipinski definition) is 7. The summed E-state index contributed by atoms with van der Waals surface area (Å²) in [6, 6.07) is 3.44. The van der Waals surface area contributed by atoms with E-state index in [1.54, 1.807) is 17.2 Å². The van der Waals surface area contributed by atoms with E-state index in [2.05, 4.69) is 34.3 Å². The molecule has 0 aliphatic carbocycles. The number of cyclic esters (lactones) is 1. The molecule has 1 N–H and O–H groups in total. The van der Waals surface area contributed by atoms with Crippen molar-refractivity contribution in [3.63, 3.8) is 0 Å². The smallest absolute Gasteiger partial charge is 0.415 e. The van der Waals surface area contributed by atoms with Crippen molar-refractivity contribution >= 4 is 17.9 Å². The molecule has 0 radical (unpaired) electrons. The average molecular weight is 345 g/mol. The summed E-state index contributed by atoms with van der Waals surface area (Å²) in [5.41, 5.74) is 0.901. The summed E-state index contributed by atoms with van der Waals surface area (Å²) < 4.78 is 10.5. The molecule has 25 heavy (non-hydrogen) atoms. The van der Waals surface area contributed by atoms with Gasteiger partial charge in [-0.1, -0.05) is 25.9 Å². The highest BCUT2D eigenvalue weighted by molar-refractivity contribution is 5.89. The highest BCUT2D eigenvalue weighted by atomic mass is 16.6. The molecule has 3 rings (SSSR count). The van der Waals surface area contributed by atoms with Crippen LogP contribution in [0.4, 0.5) is 16.6 Å². The normalized spacial score (nSPS) is 18.5. The molecule has 1 fully saturated rings. The lowest BCUT2D eigenvalue weighted by atomic mass is 10.0. The minimum absolute atomic E-state index is 0.0333. The van der Waals surface area contributed by atoms with Crippen LogP contribution < -0.4 is 10.2 Å². The van der Waals surface area contributed by atoms with E-state index >= 15 is 0 Å². The number of aromatic nitrogens is 3. The van der Waals surface area contributed by atoms with Gasteiger partial charge in [0.25, 0.3) is 0 Å². The number of anilines is 2. The Labute approximate surface area is 146 Å². The van der Waals surface area contributed by atoms with E-state index in [9.17, 15) is 4.79 Å². The van der Waals surface area contributed by atoms with Gasteiger partial charge in [0.15, 0.2) is 5.76 Å². The fourth-order valence-corrected chi connectivity index (χ4v) is 2.71. The average Bonchev–Trinajstić information content (AvgIpc) is 3.21. The summed E-state index contributed by atoms with van der Waals surface area (Å²) in [6.07, 6.45) is 2.06. The summed E-state index contributed by atoms with van der Waals surface area (Å²) in [5.74, 6) is 1.92. The summed E-state index contributed by atoms with van der Waals surface area (Å²) in [4.78, 5) is 22.4. The number of nitrogens with zero attached hydrogens (tertiary/aromatic N) is 4. The zero-order chi connectivity index (χ0) is 18.0. The third kappa shape index (κ3) is 3.57. The van der Waals surface area contributed by atoms with Gasteiger partial charge < -0.3 is 14.6 Å². The summed E-state index contributed by atoms with van der Waals surface area (Å²) in [7, 11) is 0. The van der Waals surface area contributed by atoms with Crippen LogP contribution in [-0.4, -0.2) is 33.9 Å². The molecular weight excluding hydrogens is 322 g/mol. The number of carbonyl (C=O) groups excluding carboxylic acids is 1. The second kappa shape index (κ2) is 7.08. The van der Waals surface area contributed by atoms with E-state index in [-0.39, 0.29) is 24.1 Å². The molecule has 0 saturated carbocycles. The first-order chi connectivity index (χ1) is 12.0. The SMILES string of the molecule is CCc1cc(C(C)Nc2nccc(N3C(=O)OC[C@@H]3C(C)C)n2)on1. The number of aryl methyl sites for hydroxylation is 1. The largest absolute Gasteiger partial charge is 0.447 e. The predicted molar refractivity (Wildman–Crippen MR) is 92.4 cm³/mol. The molecule has 8 nitrogen and oxygen atoms in total. The maximum Gasteiger partial charge on any atom is 0.415 e. The van der Waals surface area contributed by atoms with Gasteiger partial charge in [0.2, 0.25) is 5.95 Å². The molecule has 1 aliphatic rings. The summed E-state index contributed by atoms with van der Waals surface area (Å²) in [6.45, 7) is 8.44. The highest BCUT2D eigenvalue weighted by Crippen LogP contribution is 2.26. The van der Waals surface area contributed by atoms with E-state index in [4.69, 9.17) is 9.26 Å². The Morgan fingerprint density at radius 2 is 2.20 bits per heavy atom. The first-order valence-corrected chi connectivity index (χ1v) is 8.50. The zero-order valence-corrected chi connectivity index (χ0v) is 14.9. The van der Waals surface area contributed by atoms with Crippen molar-refractivity contribution in [2.24, 2.45) is 5.92 Å². The van der Waals surface area contributed by atoms with Crippen LogP contribution in [0, 0.1) is 5.92 Å². The number of ether oxygens (including phenoxy) is 1. The number of nitrogens with one attached hydrogen (secondary N) is 1. The Morgan fingerprint density at radius 1 is 1.40 bits per heavy atom. The lowest BCUT2D eigenvalue weighted by Gasteiger charge is -2.23. The predicted octanol–water partition coefficient (Wildman–Crippen LogP) is 3.18. The van der Waals surface area contributed by atoms with Crippen molar-refractivity contribution in [3.8, 4) is 0 Å². The van der Waals surface area contributed by atoms with E-state index in [1.165, 1.54) is 0 Å². The van der Waals surface area contributed by atoms with Gasteiger partial charge in [-0.15, -0.1) is 0 Å². The van der Waals surface area contributed by atoms with Crippen molar-refractivity contribution in [1.29, 1.82) is 0 Å². The maximum absolute atomic E-state index is 12.1. The second-order valence-corrected chi connectivity index (χ2v) is 6.44. The van der Waals surface area contributed by atoms with Crippen LogP contribution in [0.3, 0.4) is 0 Å². The first-order valence-electron chi connectivity index (χ1n) is 8.50. The number of amides is 1. The van der Waals surface area contributed by atoms with Crippen LogP contribution in [0.25, 0.3) is 0 Å². The molecule has 3 heterocycles. The molecule has 0 spiro atoms. The van der Waals surface area contributed by atoms with E-state index < -0.39 is 0 Å². The van der Waals surface area contributed by atoms with Crippen molar-refractivity contribution in [2.75, 3.05) is 16.8 Å². The van der Waals surface area contributed by atoms with Gasteiger partial charge in [-0.05, 0) is 25.3 Å². The van der Waals surface area contributed by atoms with Crippen LogP contribution in [0.5, 0.6) is 0 Å². The molecule has 1 amide bonds. The molecule has 0 bridgehead atoms. The monoisotopic (exact) mass is 345 g/mol. The molecule has 2 aromatic rings. The van der Waals surface area contributed by atoms with Crippen LogP contribution in [-0.2, 0) is 11.2 Å². The Hall–Kier alpha value is -2.64. The third-order valence-corrected chi connectivity index (χ3v) is 4.27. The fourth-order valence-electron chi connectivity index (χ4n) is 2.71. The summed E-state index contributed by atoms with van der Waals surface area (Å²) >= 11 is 0.